The molecule has 8 nitrogen and oxygen atoms in total. The minimum absolute atomic E-state index is 0.103. The molecule has 0 fully saturated rings. The molecule has 6 rings (SSSR count). The van der Waals surface area contributed by atoms with Crippen LogP contribution in [0.15, 0.2) is 96.6 Å². The summed E-state index contributed by atoms with van der Waals surface area (Å²) >= 11 is 1.15. The van der Waals surface area contributed by atoms with Gasteiger partial charge < -0.3 is 18.9 Å². The highest BCUT2D eigenvalue weighted by Gasteiger charge is 2.34. The summed E-state index contributed by atoms with van der Waals surface area (Å²) in [5.74, 6) is -0.229. The molecule has 1 atom stereocenters. The minimum Gasteiger partial charge on any atom is -0.483 e. The largest absolute Gasteiger partial charge is 0.483 e. The Morgan fingerprint density at radius 3 is 2.63 bits per heavy atom. The quantitative estimate of drug-likeness (QED) is 0.264. The summed E-state index contributed by atoms with van der Waals surface area (Å²) in [4.78, 5) is 32.5. The van der Waals surface area contributed by atoms with E-state index in [0.29, 0.717) is 49.3 Å². The normalized spacial score (nSPS) is 14.9. The zero-order valence-electron chi connectivity index (χ0n) is 23.3. The number of hydrogen-bond acceptors (Lipinski definition) is 7. The smallest absolute Gasteiger partial charge is 0.271 e. The van der Waals surface area contributed by atoms with Crippen LogP contribution in [0.3, 0.4) is 0 Å². The van der Waals surface area contributed by atoms with Gasteiger partial charge >= 0.3 is 0 Å². The van der Waals surface area contributed by atoms with Gasteiger partial charge in [-0.05, 0) is 68.8 Å². The number of carbonyl (C=O) groups excluding carboxylic acids is 1. The predicted octanol–water partition coefficient (Wildman–Crippen LogP) is 5.53. The zero-order valence-corrected chi connectivity index (χ0v) is 24.1. The standard InChI is InChI=1S/C32H25F2N3O5S/c1-17-6-4-5-7-24(17)36-30(38)28-19(3)35-32-37(29(28)26-12-8-18(2)41-26)31(39)27(43-32)15-21-10-11-22(42-21)16-40-25-13-9-20(33)14-23(25)34/h4-15,29H,16H2,1-3H3,(H,36,38)/b27-15+/t29-/m1/s1. The molecule has 2 aromatic carbocycles. The first-order chi connectivity index (χ1) is 20.7. The van der Waals surface area contributed by atoms with Gasteiger partial charge in [0.1, 0.15) is 41.5 Å². The number of rotatable bonds is 7. The van der Waals surface area contributed by atoms with Gasteiger partial charge in [-0.1, -0.05) is 29.5 Å². The van der Waals surface area contributed by atoms with Crippen molar-refractivity contribution in [2.75, 3.05) is 5.32 Å². The lowest BCUT2D eigenvalue weighted by atomic mass is 10.00. The summed E-state index contributed by atoms with van der Waals surface area (Å²) in [7, 11) is 0. The number of furan rings is 2. The first-order valence-electron chi connectivity index (χ1n) is 13.3. The van der Waals surface area contributed by atoms with Crippen molar-refractivity contribution >= 4 is 29.0 Å². The van der Waals surface area contributed by atoms with Gasteiger partial charge in [-0.25, -0.2) is 13.8 Å². The Balaban J connectivity index is 1.34. The van der Waals surface area contributed by atoms with Crippen molar-refractivity contribution in [1.29, 1.82) is 0 Å². The van der Waals surface area contributed by atoms with Crippen molar-refractivity contribution in [1.82, 2.24) is 4.57 Å². The molecule has 0 saturated carbocycles. The molecule has 0 radical (unpaired) electrons. The third kappa shape index (κ3) is 5.59. The van der Waals surface area contributed by atoms with E-state index in [0.717, 1.165) is 29.0 Å². The zero-order chi connectivity index (χ0) is 30.2. The molecular weight excluding hydrogens is 576 g/mol. The fourth-order valence-electron chi connectivity index (χ4n) is 4.80. The Bertz CT molecular complexity index is 2090. The third-order valence-electron chi connectivity index (χ3n) is 6.91. The van der Waals surface area contributed by atoms with E-state index < -0.39 is 23.6 Å². The molecule has 5 aromatic rings. The topological polar surface area (TPSA) is 99.0 Å². The molecule has 0 unspecified atom stereocenters. The van der Waals surface area contributed by atoms with Crippen LogP contribution in [0.4, 0.5) is 14.5 Å². The average molecular weight is 602 g/mol. The Morgan fingerprint density at radius 1 is 1.07 bits per heavy atom. The third-order valence-corrected chi connectivity index (χ3v) is 7.89. The number of nitrogens with one attached hydrogen (secondary N) is 1. The van der Waals surface area contributed by atoms with E-state index in [9.17, 15) is 18.4 Å². The van der Waals surface area contributed by atoms with Crippen molar-refractivity contribution in [3.8, 4) is 5.75 Å². The average Bonchev–Trinajstić information content (AvgIpc) is 3.68. The van der Waals surface area contributed by atoms with Crippen LogP contribution >= 0.6 is 11.3 Å². The summed E-state index contributed by atoms with van der Waals surface area (Å²) < 4.78 is 46.0. The van der Waals surface area contributed by atoms with Crippen molar-refractivity contribution in [2.24, 2.45) is 4.99 Å². The Kier molecular flexibility index (Phi) is 7.41. The minimum atomic E-state index is -0.845. The molecule has 0 aliphatic carbocycles. The first kappa shape index (κ1) is 28.1. The molecular formula is C32H25F2N3O5S. The van der Waals surface area contributed by atoms with Gasteiger partial charge in [0.05, 0.1) is 15.8 Å². The fourth-order valence-corrected chi connectivity index (χ4v) is 5.83. The second kappa shape index (κ2) is 11.3. The number of amides is 1. The number of nitrogens with zero attached hydrogens (tertiary/aromatic N) is 2. The number of benzene rings is 2. The summed E-state index contributed by atoms with van der Waals surface area (Å²) in [6.07, 6.45) is 1.57. The second-order valence-corrected chi connectivity index (χ2v) is 11.0. The van der Waals surface area contributed by atoms with Crippen LogP contribution < -0.4 is 24.9 Å². The number of ether oxygens (including phenoxy) is 1. The Hall–Kier alpha value is -5.03. The lowest BCUT2D eigenvalue weighted by Gasteiger charge is -2.23. The van der Waals surface area contributed by atoms with Gasteiger partial charge in [0.2, 0.25) is 0 Å². The highest BCUT2D eigenvalue weighted by atomic mass is 32.1. The van der Waals surface area contributed by atoms with Crippen LogP contribution in [0, 0.1) is 25.5 Å². The summed E-state index contributed by atoms with van der Waals surface area (Å²) in [6.45, 7) is 5.31. The van der Waals surface area contributed by atoms with Crippen LogP contribution in [0.25, 0.3) is 6.08 Å². The van der Waals surface area contributed by atoms with Gasteiger partial charge in [-0.15, -0.1) is 0 Å². The number of halogens is 2. The van der Waals surface area contributed by atoms with Crippen LogP contribution in [-0.4, -0.2) is 10.5 Å². The number of aromatic nitrogens is 1. The monoisotopic (exact) mass is 601 g/mol. The predicted molar refractivity (Wildman–Crippen MR) is 156 cm³/mol. The summed E-state index contributed by atoms with van der Waals surface area (Å²) in [5, 5.41) is 2.96. The van der Waals surface area contributed by atoms with Gasteiger partial charge in [-0.3, -0.25) is 14.2 Å². The van der Waals surface area contributed by atoms with Crippen LogP contribution in [0.2, 0.25) is 0 Å². The van der Waals surface area contributed by atoms with Gasteiger partial charge in [0.15, 0.2) is 16.4 Å². The Labute approximate surface area is 247 Å². The highest BCUT2D eigenvalue weighted by molar-refractivity contribution is 7.07. The second-order valence-electron chi connectivity index (χ2n) is 9.97. The number of carbonyl (C=O) groups is 1. The van der Waals surface area contributed by atoms with Crippen molar-refractivity contribution in [3.05, 3.63) is 138 Å². The number of allylic oxidation sites excluding steroid dienone is 1. The Morgan fingerprint density at radius 2 is 1.88 bits per heavy atom. The molecule has 3 aromatic heterocycles. The molecule has 1 amide bonds. The lowest BCUT2D eigenvalue weighted by molar-refractivity contribution is -0.113. The van der Waals surface area contributed by atoms with E-state index >= 15 is 0 Å². The fraction of sp³-hybridized carbons (Fsp3) is 0.156. The molecule has 11 heteroatoms. The van der Waals surface area contributed by atoms with Crippen molar-refractivity contribution < 1.29 is 27.1 Å². The van der Waals surface area contributed by atoms with E-state index in [4.69, 9.17) is 13.6 Å². The molecule has 1 N–H and O–H groups in total. The first-order valence-corrected chi connectivity index (χ1v) is 14.1. The molecule has 0 spiro atoms. The molecule has 43 heavy (non-hydrogen) atoms. The van der Waals surface area contributed by atoms with Gasteiger partial charge in [-0.2, -0.15) is 0 Å². The number of anilines is 1. The molecule has 218 valence electrons. The maximum Gasteiger partial charge on any atom is 0.271 e. The van der Waals surface area contributed by atoms with E-state index in [1.807, 2.05) is 31.2 Å². The molecule has 0 saturated heterocycles. The molecule has 4 heterocycles. The number of fused-ring (bicyclic) bond motifs is 1. The SMILES string of the molecule is CC1=C(C(=O)Nc2ccccc2C)[C@@H](c2ccc(C)o2)n2c(s/c(=C/c3ccc(COc4ccc(F)cc4F)o3)c2=O)=N1. The maximum absolute atomic E-state index is 13.9. The van der Waals surface area contributed by atoms with Crippen LogP contribution in [0.5, 0.6) is 5.75 Å². The number of para-hydroxylation sites is 1. The summed E-state index contributed by atoms with van der Waals surface area (Å²) in [6, 6.07) is 16.4. The van der Waals surface area contributed by atoms with Crippen molar-refractivity contribution in [2.45, 2.75) is 33.4 Å². The molecule has 0 bridgehead atoms. The van der Waals surface area contributed by atoms with Crippen molar-refractivity contribution in [3.63, 3.8) is 0 Å². The summed E-state index contributed by atoms with van der Waals surface area (Å²) in [5.41, 5.74) is 1.92. The van der Waals surface area contributed by atoms with Crippen LogP contribution in [0.1, 0.15) is 41.6 Å². The number of hydrogen-bond donors (Lipinski definition) is 1. The maximum atomic E-state index is 13.9. The van der Waals surface area contributed by atoms with E-state index in [2.05, 4.69) is 10.3 Å². The highest BCUT2D eigenvalue weighted by Crippen LogP contribution is 2.32. The van der Waals surface area contributed by atoms with Gasteiger partial charge in [0, 0.05) is 17.8 Å². The number of thiazole rings is 1. The molecule has 1 aliphatic rings. The molecule has 1 aliphatic heterocycles. The van der Waals surface area contributed by atoms with E-state index in [1.165, 1.54) is 10.6 Å². The van der Waals surface area contributed by atoms with Crippen LogP contribution in [-0.2, 0) is 11.4 Å². The lowest BCUT2D eigenvalue weighted by Crippen LogP contribution is -2.40. The van der Waals surface area contributed by atoms with E-state index in [1.54, 1.807) is 44.2 Å². The van der Waals surface area contributed by atoms with Gasteiger partial charge in [0.25, 0.3) is 11.5 Å². The number of aryl methyl sites for hydroxylation is 2. The van der Waals surface area contributed by atoms with E-state index in [-0.39, 0.29) is 17.9 Å².